The number of hydrogen-bond donors (Lipinski definition) is 2. The SMILES string of the molecule is COc1ccc(/C=N/N2CCCC2C(=O)Nc2ccc(C(N)=O)cc2)cc1OC. The van der Waals surface area contributed by atoms with E-state index in [2.05, 4.69) is 10.4 Å². The van der Waals surface area contributed by atoms with Crippen LogP contribution in [-0.4, -0.2) is 49.8 Å². The highest BCUT2D eigenvalue weighted by molar-refractivity contribution is 5.96. The Hall–Kier alpha value is -3.55. The minimum absolute atomic E-state index is 0.140. The third kappa shape index (κ3) is 4.84. The van der Waals surface area contributed by atoms with Crippen molar-refractivity contribution >= 4 is 23.7 Å². The Morgan fingerprint density at radius 2 is 1.86 bits per heavy atom. The Labute approximate surface area is 169 Å². The maximum absolute atomic E-state index is 12.7. The second kappa shape index (κ2) is 9.09. The Bertz CT molecular complexity index is 911. The Balaban J connectivity index is 1.66. The summed E-state index contributed by atoms with van der Waals surface area (Å²) >= 11 is 0. The molecule has 1 aliphatic rings. The maximum Gasteiger partial charge on any atom is 0.248 e. The molecule has 8 nitrogen and oxygen atoms in total. The second-order valence-electron chi connectivity index (χ2n) is 6.61. The van der Waals surface area contributed by atoms with E-state index in [0.29, 0.717) is 35.7 Å². The fourth-order valence-corrected chi connectivity index (χ4v) is 3.17. The van der Waals surface area contributed by atoms with Crippen molar-refractivity contribution in [3.63, 3.8) is 0 Å². The van der Waals surface area contributed by atoms with Crippen molar-refractivity contribution in [3.8, 4) is 11.5 Å². The van der Waals surface area contributed by atoms with Gasteiger partial charge in [-0.25, -0.2) is 0 Å². The highest BCUT2D eigenvalue weighted by Crippen LogP contribution is 2.27. The van der Waals surface area contributed by atoms with Gasteiger partial charge in [-0.2, -0.15) is 5.10 Å². The molecule has 1 unspecified atom stereocenters. The van der Waals surface area contributed by atoms with Crippen LogP contribution in [0.25, 0.3) is 0 Å². The molecule has 1 heterocycles. The largest absolute Gasteiger partial charge is 0.493 e. The number of carbonyl (C=O) groups excluding carboxylic acids is 2. The fourth-order valence-electron chi connectivity index (χ4n) is 3.17. The van der Waals surface area contributed by atoms with Crippen LogP contribution in [0.15, 0.2) is 47.6 Å². The number of primary amides is 1. The van der Waals surface area contributed by atoms with Gasteiger partial charge < -0.3 is 20.5 Å². The molecule has 1 atom stereocenters. The van der Waals surface area contributed by atoms with Crippen LogP contribution >= 0.6 is 0 Å². The molecular formula is C21H24N4O4. The van der Waals surface area contributed by atoms with Crippen molar-refractivity contribution in [2.24, 2.45) is 10.8 Å². The maximum atomic E-state index is 12.7. The van der Waals surface area contributed by atoms with E-state index in [-0.39, 0.29) is 11.9 Å². The molecule has 2 amide bonds. The average molecular weight is 396 g/mol. The lowest BCUT2D eigenvalue weighted by Crippen LogP contribution is -2.36. The molecule has 8 heteroatoms. The first-order valence-electron chi connectivity index (χ1n) is 9.25. The molecule has 2 aromatic rings. The summed E-state index contributed by atoms with van der Waals surface area (Å²) in [6.45, 7) is 0.697. The monoisotopic (exact) mass is 396 g/mol. The summed E-state index contributed by atoms with van der Waals surface area (Å²) in [7, 11) is 3.16. The third-order valence-electron chi connectivity index (χ3n) is 4.73. The molecule has 3 rings (SSSR count). The van der Waals surface area contributed by atoms with Gasteiger partial charge in [0.25, 0.3) is 0 Å². The van der Waals surface area contributed by atoms with Gasteiger partial charge in [-0.05, 0) is 60.9 Å². The Morgan fingerprint density at radius 1 is 1.14 bits per heavy atom. The Kier molecular flexibility index (Phi) is 6.33. The van der Waals surface area contributed by atoms with Crippen molar-refractivity contribution in [2.45, 2.75) is 18.9 Å². The third-order valence-corrected chi connectivity index (χ3v) is 4.73. The predicted molar refractivity (Wildman–Crippen MR) is 110 cm³/mol. The molecule has 152 valence electrons. The molecule has 0 saturated carbocycles. The van der Waals surface area contributed by atoms with Gasteiger partial charge in [-0.1, -0.05) is 0 Å². The molecule has 29 heavy (non-hydrogen) atoms. The van der Waals surface area contributed by atoms with E-state index in [1.54, 1.807) is 49.7 Å². The zero-order valence-electron chi connectivity index (χ0n) is 16.4. The van der Waals surface area contributed by atoms with E-state index in [1.807, 2.05) is 18.2 Å². The first-order valence-corrected chi connectivity index (χ1v) is 9.25. The van der Waals surface area contributed by atoms with E-state index in [9.17, 15) is 9.59 Å². The lowest BCUT2D eigenvalue weighted by Gasteiger charge is -2.20. The second-order valence-corrected chi connectivity index (χ2v) is 6.61. The number of rotatable bonds is 7. The van der Waals surface area contributed by atoms with E-state index >= 15 is 0 Å². The van der Waals surface area contributed by atoms with Crippen LogP contribution in [0.1, 0.15) is 28.8 Å². The highest BCUT2D eigenvalue weighted by Gasteiger charge is 2.29. The van der Waals surface area contributed by atoms with Crippen molar-refractivity contribution in [3.05, 3.63) is 53.6 Å². The van der Waals surface area contributed by atoms with E-state index in [0.717, 1.165) is 12.0 Å². The summed E-state index contributed by atoms with van der Waals surface area (Å²) < 4.78 is 10.5. The van der Waals surface area contributed by atoms with Crippen molar-refractivity contribution in [1.29, 1.82) is 0 Å². The summed E-state index contributed by atoms with van der Waals surface area (Å²) in [6.07, 6.45) is 3.30. The normalized spacial score (nSPS) is 16.1. The number of nitrogens with one attached hydrogen (secondary N) is 1. The molecule has 1 aliphatic heterocycles. The first kappa shape index (κ1) is 20.2. The first-order chi connectivity index (χ1) is 14.0. The van der Waals surface area contributed by atoms with Gasteiger partial charge in [0.05, 0.1) is 20.4 Å². The number of methoxy groups -OCH3 is 2. The standard InChI is InChI=1S/C21H24N4O4/c1-28-18-10-5-14(12-19(18)29-2)13-23-25-11-3-4-17(25)21(27)24-16-8-6-15(7-9-16)20(22)26/h5-10,12-13,17H,3-4,11H2,1-2H3,(H2,22,26)(H,24,27)/b23-13+. The number of anilines is 1. The number of nitrogens with zero attached hydrogens (tertiary/aromatic N) is 2. The molecule has 1 saturated heterocycles. The number of hydrazone groups is 1. The molecule has 1 fully saturated rings. The summed E-state index contributed by atoms with van der Waals surface area (Å²) in [5.41, 5.74) is 7.08. The number of ether oxygens (including phenoxy) is 2. The van der Waals surface area contributed by atoms with Crippen LogP contribution in [-0.2, 0) is 4.79 Å². The van der Waals surface area contributed by atoms with Gasteiger partial charge in [0, 0.05) is 17.8 Å². The van der Waals surface area contributed by atoms with Gasteiger partial charge in [-0.3, -0.25) is 14.6 Å². The van der Waals surface area contributed by atoms with Crippen LogP contribution in [0.5, 0.6) is 11.5 Å². The van der Waals surface area contributed by atoms with Crippen molar-refractivity contribution in [2.75, 3.05) is 26.1 Å². The van der Waals surface area contributed by atoms with Crippen molar-refractivity contribution in [1.82, 2.24) is 5.01 Å². The van der Waals surface area contributed by atoms with Crippen LogP contribution < -0.4 is 20.5 Å². The highest BCUT2D eigenvalue weighted by atomic mass is 16.5. The van der Waals surface area contributed by atoms with Crippen molar-refractivity contribution < 1.29 is 19.1 Å². The zero-order chi connectivity index (χ0) is 20.8. The smallest absolute Gasteiger partial charge is 0.248 e. The minimum atomic E-state index is -0.505. The summed E-state index contributed by atoms with van der Waals surface area (Å²) in [5.74, 6) is 0.616. The van der Waals surface area contributed by atoms with Gasteiger partial charge in [0.1, 0.15) is 6.04 Å². The van der Waals surface area contributed by atoms with Crippen LogP contribution in [0.2, 0.25) is 0 Å². The molecule has 3 N–H and O–H groups in total. The average Bonchev–Trinajstić information content (AvgIpc) is 3.21. The summed E-state index contributed by atoms with van der Waals surface area (Å²) in [6, 6.07) is 11.6. The lowest BCUT2D eigenvalue weighted by molar-refractivity contribution is -0.120. The predicted octanol–water partition coefficient (Wildman–Crippen LogP) is 2.24. The topological polar surface area (TPSA) is 106 Å². The van der Waals surface area contributed by atoms with E-state index < -0.39 is 5.91 Å². The van der Waals surface area contributed by atoms with Crippen LogP contribution in [0.3, 0.4) is 0 Å². The molecule has 0 aliphatic carbocycles. The fraction of sp³-hybridized carbons (Fsp3) is 0.286. The number of benzene rings is 2. The molecule has 2 aromatic carbocycles. The molecule has 0 aromatic heterocycles. The number of amides is 2. The quantitative estimate of drug-likeness (QED) is 0.698. The van der Waals surface area contributed by atoms with E-state index in [4.69, 9.17) is 15.2 Å². The van der Waals surface area contributed by atoms with Gasteiger partial charge >= 0.3 is 0 Å². The number of carbonyl (C=O) groups is 2. The lowest BCUT2D eigenvalue weighted by atomic mass is 10.1. The van der Waals surface area contributed by atoms with Gasteiger partial charge in [-0.15, -0.1) is 0 Å². The zero-order valence-corrected chi connectivity index (χ0v) is 16.4. The number of nitrogens with two attached hydrogens (primary N) is 1. The Morgan fingerprint density at radius 3 is 2.52 bits per heavy atom. The van der Waals surface area contributed by atoms with Gasteiger partial charge in [0.15, 0.2) is 11.5 Å². The molecule has 0 bridgehead atoms. The summed E-state index contributed by atoms with van der Waals surface area (Å²) in [5, 5.41) is 9.15. The van der Waals surface area contributed by atoms with Gasteiger partial charge in [0.2, 0.25) is 11.8 Å². The number of hydrogen-bond acceptors (Lipinski definition) is 6. The van der Waals surface area contributed by atoms with E-state index in [1.165, 1.54) is 0 Å². The van der Waals surface area contributed by atoms with Crippen LogP contribution in [0.4, 0.5) is 5.69 Å². The molecule has 0 spiro atoms. The molecule has 0 radical (unpaired) electrons. The summed E-state index contributed by atoms with van der Waals surface area (Å²) in [4.78, 5) is 23.8. The van der Waals surface area contributed by atoms with Crippen LogP contribution in [0, 0.1) is 0 Å². The molecular weight excluding hydrogens is 372 g/mol. The minimum Gasteiger partial charge on any atom is -0.493 e.